The molecule has 0 bridgehead atoms. The van der Waals surface area contributed by atoms with Gasteiger partial charge in [-0.15, -0.1) is 36.2 Å². The maximum Gasteiger partial charge on any atom is 0.257 e. The van der Waals surface area contributed by atoms with Gasteiger partial charge in [0, 0.05) is 30.4 Å². The summed E-state index contributed by atoms with van der Waals surface area (Å²) in [6, 6.07) is 3.44. The standard InChI is InChI=1S/C19H24N4O2S.2ClH/c1-2-20-10-11-22-18(25)16-14-7-3-4-8-15(14)26-19(16)23-17(24)13-6-5-9-21-12-13;;/h5-6,9,12,20H,2-4,7-8,10-11H2,1H3,(H,22,25)(H,23,24);2*1H. The highest BCUT2D eigenvalue weighted by atomic mass is 35.5. The first-order valence-electron chi connectivity index (χ1n) is 9.05. The van der Waals surface area contributed by atoms with Crippen LogP contribution in [0.2, 0.25) is 0 Å². The van der Waals surface area contributed by atoms with Gasteiger partial charge in [-0.05, 0) is 49.9 Å². The van der Waals surface area contributed by atoms with Crippen LogP contribution in [0.3, 0.4) is 0 Å². The number of aryl methyl sites for hydroxylation is 1. The number of hydrogen-bond donors (Lipinski definition) is 3. The van der Waals surface area contributed by atoms with Gasteiger partial charge >= 0.3 is 0 Å². The van der Waals surface area contributed by atoms with E-state index in [2.05, 4.69) is 20.9 Å². The van der Waals surface area contributed by atoms with Gasteiger partial charge in [0.2, 0.25) is 0 Å². The number of carbonyl (C=O) groups is 2. The molecule has 0 aromatic carbocycles. The maximum atomic E-state index is 12.8. The Bertz CT molecular complexity index is 784. The van der Waals surface area contributed by atoms with Gasteiger partial charge in [-0.25, -0.2) is 0 Å². The van der Waals surface area contributed by atoms with Gasteiger partial charge in [0.05, 0.1) is 11.1 Å². The predicted octanol–water partition coefficient (Wildman–Crippen LogP) is 3.46. The van der Waals surface area contributed by atoms with E-state index in [4.69, 9.17) is 0 Å². The number of rotatable bonds is 7. The lowest BCUT2D eigenvalue weighted by molar-refractivity contribution is 0.0954. The molecule has 2 aromatic heterocycles. The van der Waals surface area contributed by atoms with Crippen molar-refractivity contribution in [1.29, 1.82) is 0 Å². The Morgan fingerprint density at radius 3 is 2.64 bits per heavy atom. The van der Waals surface area contributed by atoms with E-state index >= 15 is 0 Å². The van der Waals surface area contributed by atoms with Crippen molar-refractivity contribution in [2.75, 3.05) is 25.0 Å². The lowest BCUT2D eigenvalue weighted by atomic mass is 9.95. The van der Waals surface area contributed by atoms with E-state index in [1.54, 1.807) is 18.3 Å². The molecule has 28 heavy (non-hydrogen) atoms. The SMILES string of the molecule is CCNCCNC(=O)c1c(NC(=O)c2cccnc2)sc2c1CCCC2.Cl.Cl. The van der Waals surface area contributed by atoms with E-state index in [1.165, 1.54) is 22.4 Å². The molecule has 0 atom stereocenters. The zero-order valence-corrected chi connectivity index (χ0v) is 18.2. The van der Waals surface area contributed by atoms with Gasteiger partial charge in [0.1, 0.15) is 5.00 Å². The highest BCUT2D eigenvalue weighted by Gasteiger charge is 2.26. The number of likely N-dealkylation sites (N-methyl/N-ethyl adjacent to an activating group) is 1. The number of thiophene rings is 1. The molecule has 0 saturated carbocycles. The van der Waals surface area contributed by atoms with Crippen molar-refractivity contribution in [3.05, 3.63) is 46.1 Å². The highest BCUT2D eigenvalue weighted by Crippen LogP contribution is 2.38. The summed E-state index contributed by atoms with van der Waals surface area (Å²) in [5.41, 5.74) is 2.22. The van der Waals surface area contributed by atoms with Crippen molar-refractivity contribution in [1.82, 2.24) is 15.6 Å². The van der Waals surface area contributed by atoms with Crippen molar-refractivity contribution < 1.29 is 9.59 Å². The molecule has 2 aromatic rings. The molecule has 3 N–H and O–H groups in total. The van der Waals surface area contributed by atoms with Gasteiger partial charge in [-0.1, -0.05) is 6.92 Å². The summed E-state index contributed by atoms with van der Waals surface area (Å²) in [4.78, 5) is 30.5. The Morgan fingerprint density at radius 2 is 1.93 bits per heavy atom. The number of carbonyl (C=O) groups excluding carboxylic acids is 2. The van der Waals surface area contributed by atoms with Gasteiger partial charge in [0.15, 0.2) is 0 Å². The van der Waals surface area contributed by atoms with Crippen molar-refractivity contribution in [3.63, 3.8) is 0 Å². The number of halogens is 2. The topological polar surface area (TPSA) is 83.1 Å². The predicted molar refractivity (Wildman–Crippen MR) is 119 cm³/mol. The molecule has 0 saturated heterocycles. The van der Waals surface area contributed by atoms with Gasteiger partial charge < -0.3 is 16.0 Å². The van der Waals surface area contributed by atoms with E-state index in [9.17, 15) is 9.59 Å². The van der Waals surface area contributed by atoms with Crippen molar-refractivity contribution >= 4 is 53.0 Å². The minimum absolute atomic E-state index is 0. The number of nitrogens with zero attached hydrogens (tertiary/aromatic N) is 1. The van der Waals surface area contributed by atoms with Crippen LogP contribution in [-0.2, 0) is 12.8 Å². The summed E-state index contributed by atoms with van der Waals surface area (Å²) in [6.45, 7) is 4.19. The van der Waals surface area contributed by atoms with Crippen LogP contribution >= 0.6 is 36.2 Å². The van der Waals surface area contributed by atoms with Crippen molar-refractivity contribution in [2.45, 2.75) is 32.6 Å². The minimum Gasteiger partial charge on any atom is -0.351 e. The molecule has 0 fully saturated rings. The van der Waals surface area contributed by atoms with Crippen LogP contribution in [0.25, 0.3) is 0 Å². The monoisotopic (exact) mass is 444 g/mol. The van der Waals surface area contributed by atoms with E-state index in [0.717, 1.165) is 44.3 Å². The quantitative estimate of drug-likeness (QED) is 0.570. The third-order valence-electron chi connectivity index (χ3n) is 4.39. The Labute approximate surface area is 181 Å². The van der Waals surface area contributed by atoms with Crippen LogP contribution in [0, 0.1) is 0 Å². The van der Waals surface area contributed by atoms with Crippen LogP contribution in [0.5, 0.6) is 0 Å². The smallest absolute Gasteiger partial charge is 0.257 e. The molecule has 2 amide bonds. The van der Waals surface area contributed by atoms with E-state index in [-0.39, 0.29) is 36.6 Å². The minimum atomic E-state index is -0.238. The summed E-state index contributed by atoms with van der Waals surface area (Å²) in [7, 11) is 0. The molecule has 2 heterocycles. The molecule has 0 unspecified atom stereocenters. The number of aromatic nitrogens is 1. The third-order valence-corrected chi connectivity index (χ3v) is 5.59. The van der Waals surface area contributed by atoms with Crippen LogP contribution in [0.4, 0.5) is 5.00 Å². The fourth-order valence-electron chi connectivity index (χ4n) is 3.10. The molecule has 0 radical (unpaired) electrons. The molecule has 0 aliphatic heterocycles. The molecule has 9 heteroatoms. The van der Waals surface area contributed by atoms with E-state index in [1.807, 2.05) is 6.92 Å². The van der Waals surface area contributed by atoms with E-state index < -0.39 is 0 Å². The second-order valence-electron chi connectivity index (χ2n) is 6.22. The molecular formula is C19H26Cl2N4O2S. The Hall–Kier alpha value is -1.67. The zero-order chi connectivity index (χ0) is 18.4. The number of pyridine rings is 1. The largest absolute Gasteiger partial charge is 0.351 e. The molecule has 1 aliphatic carbocycles. The number of hydrogen-bond acceptors (Lipinski definition) is 5. The average molecular weight is 445 g/mol. The third kappa shape index (κ3) is 5.91. The molecule has 154 valence electrons. The molecule has 1 aliphatic rings. The first-order valence-corrected chi connectivity index (χ1v) is 9.87. The fourth-order valence-corrected chi connectivity index (χ4v) is 4.38. The number of amides is 2. The van der Waals surface area contributed by atoms with Crippen LogP contribution < -0.4 is 16.0 Å². The van der Waals surface area contributed by atoms with Gasteiger partial charge in [0.25, 0.3) is 11.8 Å². The normalized spacial score (nSPS) is 12.2. The van der Waals surface area contributed by atoms with Crippen LogP contribution in [0.1, 0.15) is 50.9 Å². The first kappa shape index (κ1) is 24.4. The van der Waals surface area contributed by atoms with Gasteiger partial charge in [-0.2, -0.15) is 0 Å². The van der Waals surface area contributed by atoms with Gasteiger partial charge in [-0.3, -0.25) is 14.6 Å². The summed E-state index contributed by atoms with van der Waals surface area (Å²) in [5, 5.41) is 9.73. The summed E-state index contributed by atoms with van der Waals surface area (Å²) in [6.07, 6.45) is 7.23. The molecular weight excluding hydrogens is 419 g/mol. The lowest BCUT2D eigenvalue weighted by Crippen LogP contribution is -2.32. The second-order valence-corrected chi connectivity index (χ2v) is 7.33. The first-order chi connectivity index (χ1) is 12.7. The molecule has 6 nitrogen and oxygen atoms in total. The van der Waals surface area contributed by atoms with E-state index in [0.29, 0.717) is 22.7 Å². The fraction of sp³-hybridized carbons (Fsp3) is 0.421. The Balaban J connectivity index is 0.00000196. The Morgan fingerprint density at radius 1 is 1.14 bits per heavy atom. The molecule has 0 spiro atoms. The second kappa shape index (κ2) is 12.0. The summed E-state index contributed by atoms with van der Waals surface area (Å²) in [5.74, 6) is -0.345. The average Bonchev–Trinajstić information content (AvgIpc) is 3.03. The lowest BCUT2D eigenvalue weighted by Gasteiger charge is -2.13. The van der Waals surface area contributed by atoms with Crippen molar-refractivity contribution in [2.24, 2.45) is 0 Å². The summed E-state index contributed by atoms with van der Waals surface area (Å²) >= 11 is 1.53. The number of anilines is 1. The highest BCUT2D eigenvalue weighted by molar-refractivity contribution is 7.17. The van der Waals surface area contributed by atoms with Crippen LogP contribution in [0.15, 0.2) is 24.5 Å². The zero-order valence-electron chi connectivity index (χ0n) is 15.7. The summed E-state index contributed by atoms with van der Waals surface area (Å²) < 4.78 is 0. The maximum absolute atomic E-state index is 12.8. The van der Waals surface area contributed by atoms with Crippen molar-refractivity contribution in [3.8, 4) is 0 Å². The number of fused-ring (bicyclic) bond motifs is 1. The Kier molecular flexibility index (Phi) is 10.5. The molecule has 3 rings (SSSR count). The van der Waals surface area contributed by atoms with Crippen LogP contribution in [-0.4, -0.2) is 36.4 Å². The number of nitrogens with one attached hydrogen (secondary N) is 3.